The molecule has 0 bridgehead atoms. The Labute approximate surface area is 124 Å². The number of halogens is 1. The van der Waals surface area contributed by atoms with E-state index >= 15 is 0 Å². The van der Waals surface area contributed by atoms with Gasteiger partial charge < -0.3 is 10.5 Å². The average Bonchev–Trinajstić information content (AvgIpc) is 2.43. The standard InChI is InChI=1S/C14H21FN2O3S/c1-9-13(15)7-12(16)8-14(9)21(18,19)17-10(2)11-3-5-20-6-4-11/h7-8,10-11,17H,3-6,16H2,1-2H3. The van der Waals surface area contributed by atoms with Crippen molar-refractivity contribution in [1.29, 1.82) is 0 Å². The minimum atomic E-state index is -3.80. The summed E-state index contributed by atoms with van der Waals surface area (Å²) in [4.78, 5) is -0.0982. The molecule has 1 aromatic rings. The van der Waals surface area contributed by atoms with E-state index in [0.717, 1.165) is 18.9 Å². The van der Waals surface area contributed by atoms with E-state index in [1.165, 1.54) is 13.0 Å². The minimum absolute atomic E-state index is 0.0795. The number of hydrogen-bond donors (Lipinski definition) is 2. The lowest BCUT2D eigenvalue weighted by molar-refractivity contribution is 0.0585. The molecule has 0 radical (unpaired) electrons. The zero-order chi connectivity index (χ0) is 15.6. The molecule has 5 nitrogen and oxygen atoms in total. The predicted octanol–water partition coefficient (Wildman–Crippen LogP) is 1.81. The molecule has 3 N–H and O–H groups in total. The molecule has 7 heteroatoms. The molecule has 1 aliphatic rings. The molecule has 118 valence electrons. The highest BCUT2D eigenvalue weighted by Crippen LogP contribution is 2.24. The van der Waals surface area contributed by atoms with Gasteiger partial charge in [0.15, 0.2) is 0 Å². The molecule has 1 aliphatic heterocycles. The van der Waals surface area contributed by atoms with E-state index in [9.17, 15) is 12.8 Å². The second-order valence-electron chi connectivity index (χ2n) is 5.49. The molecule has 1 fully saturated rings. The van der Waals surface area contributed by atoms with Crippen molar-refractivity contribution in [1.82, 2.24) is 4.72 Å². The van der Waals surface area contributed by atoms with Crippen LogP contribution in [0.4, 0.5) is 10.1 Å². The maximum absolute atomic E-state index is 13.7. The van der Waals surface area contributed by atoms with Crippen molar-refractivity contribution >= 4 is 15.7 Å². The van der Waals surface area contributed by atoms with Crippen molar-refractivity contribution in [2.75, 3.05) is 18.9 Å². The Bertz CT molecular complexity index is 613. The molecule has 0 aliphatic carbocycles. The third kappa shape index (κ3) is 3.72. The van der Waals surface area contributed by atoms with Crippen molar-refractivity contribution < 1.29 is 17.5 Å². The lowest BCUT2D eigenvalue weighted by atomic mass is 9.94. The van der Waals surface area contributed by atoms with Crippen molar-refractivity contribution in [3.8, 4) is 0 Å². The number of rotatable bonds is 4. The number of ether oxygens (including phenoxy) is 1. The van der Waals surface area contributed by atoms with Crippen LogP contribution in [0, 0.1) is 18.7 Å². The Morgan fingerprint density at radius 3 is 2.62 bits per heavy atom. The Morgan fingerprint density at radius 1 is 1.38 bits per heavy atom. The fraction of sp³-hybridized carbons (Fsp3) is 0.571. The molecule has 1 unspecified atom stereocenters. The summed E-state index contributed by atoms with van der Waals surface area (Å²) in [5.74, 6) is -0.395. The maximum atomic E-state index is 13.7. The van der Waals surface area contributed by atoms with Gasteiger partial charge in [-0.1, -0.05) is 0 Å². The van der Waals surface area contributed by atoms with E-state index in [1.807, 2.05) is 6.92 Å². The normalized spacial score (nSPS) is 18.6. The van der Waals surface area contributed by atoms with Gasteiger partial charge in [0.1, 0.15) is 5.82 Å². The van der Waals surface area contributed by atoms with Gasteiger partial charge in [-0.2, -0.15) is 0 Å². The highest BCUT2D eigenvalue weighted by atomic mass is 32.2. The van der Waals surface area contributed by atoms with Crippen LogP contribution in [0.25, 0.3) is 0 Å². The minimum Gasteiger partial charge on any atom is -0.399 e. The van der Waals surface area contributed by atoms with Crippen LogP contribution in [0.2, 0.25) is 0 Å². The van der Waals surface area contributed by atoms with Crippen molar-refractivity contribution in [3.05, 3.63) is 23.5 Å². The summed E-state index contributed by atoms with van der Waals surface area (Å²) in [5, 5.41) is 0. The molecule has 1 heterocycles. The Kier molecular flexibility index (Phi) is 4.85. The summed E-state index contributed by atoms with van der Waals surface area (Å²) in [6.45, 7) is 4.54. The second kappa shape index (κ2) is 6.29. The van der Waals surface area contributed by atoms with E-state index < -0.39 is 15.8 Å². The van der Waals surface area contributed by atoms with E-state index in [-0.39, 0.29) is 28.1 Å². The Hall–Kier alpha value is -1.18. The Morgan fingerprint density at radius 2 is 2.00 bits per heavy atom. The third-order valence-electron chi connectivity index (χ3n) is 3.92. The van der Waals surface area contributed by atoms with E-state index in [2.05, 4.69) is 4.72 Å². The summed E-state index contributed by atoms with van der Waals surface area (Å²) < 4.78 is 46.5. The van der Waals surface area contributed by atoms with E-state index in [4.69, 9.17) is 10.5 Å². The van der Waals surface area contributed by atoms with Crippen LogP contribution in [-0.4, -0.2) is 27.7 Å². The van der Waals surface area contributed by atoms with Crippen LogP contribution in [0.5, 0.6) is 0 Å². The van der Waals surface area contributed by atoms with Crippen LogP contribution >= 0.6 is 0 Å². The van der Waals surface area contributed by atoms with Gasteiger partial charge in [0, 0.05) is 30.5 Å². The molecule has 1 atom stereocenters. The van der Waals surface area contributed by atoms with Gasteiger partial charge in [-0.3, -0.25) is 0 Å². The summed E-state index contributed by atoms with van der Waals surface area (Å²) in [6, 6.07) is 2.18. The largest absolute Gasteiger partial charge is 0.399 e. The van der Waals surface area contributed by atoms with Crippen molar-refractivity contribution in [3.63, 3.8) is 0 Å². The fourth-order valence-electron chi connectivity index (χ4n) is 2.57. The van der Waals surface area contributed by atoms with Gasteiger partial charge in [0.2, 0.25) is 10.0 Å². The predicted molar refractivity (Wildman–Crippen MR) is 78.9 cm³/mol. The number of benzene rings is 1. The van der Waals surface area contributed by atoms with Crippen molar-refractivity contribution in [2.45, 2.75) is 37.6 Å². The zero-order valence-corrected chi connectivity index (χ0v) is 13.0. The third-order valence-corrected chi connectivity index (χ3v) is 5.61. The van der Waals surface area contributed by atoms with Crippen LogP contribution in [0.1, 0.15) is 25.3 Å². The van der Waals surface area contributed by atoms with Gasteiger partial charge in [-0.25, -0.2) is 17.5 Å². The second-order valence-corrected chi connectivity index (χ2v) is 7.17. The molecular weight excluding hydrogens is 295 g/mol. The number of nitrogen functional groups attached to an aromatic ring is 1. The first kappa shape index (κ1) is 16.2. The summed E-state index contributed by atoms with van der Waals surface area (Å²) in [5.41, 5.74) is 5.72. The monoisotopic (exact) mass is 316 g/mol. The average molecular weight is 316 g/mol. The molecule has 0 saturated carbocycles. The molecule has 2 rings (SSSR count). The van der Waals surface area contributed by atoms with Gasteiger partial charge in [0.05, 0.1) is 4.90 Å². The molecule has 21 heavy (non-hydrogen) atoms. The van der Waals surface area contributed by atoms with Crippen molar-refractivity contribution in [2.24, 2.45) is 5.92 Å². The first-order chi connectivity index (χ1) is 9.81. The highest BCUT2D eigenvalue weighted by molar-refractivity contribution is 7.89. The van der Waals surface area contributed by atoms with Gasteiger partial charge in [-0.15, -0.1) is 0 Å². The number of hydrogen-bond acceptors (Lipinski definition) is 4. The molecule has 0 spiro atoms. The smallest absolute Gasteiger partial charge is 0.241 e. The number of nitrogens with one attached hydrogen (secondary N) is 1. The number of sulfonamides is 1. The summed E-state index contributed by atoms with van der Waals surface area (Å²) in [7, 11) is -3.80. The van der Waals surface area contributed by atoms with Crippen LogP contribution < -0.4 is 10.5 Å². The molecule has 0 aromatic heterocycles. The molecular formula is C14H21FN2O3S. The van der Waals surface area contributed by atoms with Crippen LogP contribution in [0.3, 0.4) is 0 Å². The lowest BCUT2D eigenvalue weighted by Crippen LogP contribution is -2.40. The molecule has 1 aromatic carbocycles. The molecule has 0 amide bonds. The lowest BCUT2D eigenvalue weighted by Gasteiger charge is -2.28. The van der Waals surface area contributed by atoms with E-state index in [0.29, 0.717) is 13.2 Å². The quantitative estimate of drug-likeness (QED) is 0.830. The topological polar surface area (TPSA) is 81.4 Å². The number of nitrogens with two attached hydrogens (primary N) is 1. The van der Waals surface area contributed by atoms with E-state index in [1.54, 1.807) is 0 Å². The summed E-state index contributed by atoms with van der Waals surface area (Å²) >= 11 is 0. The van der Waals surface area contributed by atoms with Gasteiger partial charge in [0.25, 0.3) is 0 Å². The number of anilines is 1. The van der Waals surface area contributed by atoms with Crippen LogP contribution in [-0.2, 0) is 14.8 Å². The first-order valence-electron chi connectivity index (χ1n) is 6.97. The maximum Gasteiger partial charge on any atom is 0.241 e. The fourth-order valence-corrected chi connectivity index (χ4v) is 4.17. The molecule has 1 saturated heterocycles. The zero-order valence-electron chi connectivity index (χ0n) is 12.2. The van der Waals surface area contributed by atoms with Gasteiger partial charge in [-0.05, 0) is 44.7 Å². The summed E-state index contributed by atoms with van der Waals surface area (Å²) in [6.07, 6.45) is 1.63. The highest BCUT2D eigenvalue weighted by Gasteiger charge is 2.27. The van der Waals surface area contributed by atoms with Crippen LogP contribution in [0.15, 0.2) is 17.0 Å². The first-order valence-corrected chi connectivity index (χ1v) is 8.45. The Balaban J connectivity index is 2.22. The van der Waals surface area contributed by atoms with Gasteiger partial charge >= 0.3 is 0 Å². The SMILES string of the molecule is Cc1c(F)cc(N)cc1S(=O)(=O)NC(C)C1CCOCC1.